The standard InChI is InChI=1S/C24H26F4N2O6.C18H17F4N3O2/c1-23(2,3)36-22(33)30-17(21(32)34-4)10-11-18(31)14-9-12-19(29-13-14)35-20(24(26,27)28)15-7-5-6-8-16(15)25;19-12-4-2-1-3-11(12)16(18(20,21)22)27-15-8-5-10(9-24-15)13-6-7-14(25-13)17(23)26/h5-9,12-13,17,20H,10-11H2,1-4H3,(H,30,33);1-5,8-9,13-14,16,25H,6-7H2,(H2,23,26)/t17-,20?;13-,14+,16?/m01/s1. The number of nitrogens with two attached hydrogens (primary N) is 1. The molecule has 3 heterocycles. The minimum atomic E-state index is -4.93. The third-order valence-electron chi connectivity index (χ3n) is 8.99. The van der Waals surface area contributed by atoms with E-state index in [1.54, 1.807) is 26.8 Å². The van der Waals surface area contributed by atoms with Crippen LogP contribution in [0.5, 0.6) is 11.8 Å². The quantitative estimate of drug-likeness (QED) is 0.0632. The maximum atomic E-state index is 13.9. The van der Waals surface area contributed by atoms with Gasteiger partial charge < -0.3 is 30.0 Å². The number of nitrogens with one attached hydrogen (secondary N) is 2. The van der Waals surface area contributed by atoms with Crippen molar-refractivity contribution in [1.29, 1.82) is 0 Å². The summed E-state index contributed by atoms with van der Waals surface area (Å²) in [6.45, 7) is 4.91. The van der Waals surface area contributed by atoms with Crippen molar-refractivity contribution < 1.29 is 73.2 Å². The van der Waals surface area contributed by atoms with Gasteiger partial charge in [-0.25, -0.2) is 28.3 Å². The maximum absolute atomic E-state index is 13.9. The average molecular weight is 898 g/mol. The normalized spacial score (nSPS) is 16.6. The minimum absolute atomic E-state index is 0.0256. The second-order valence-corrected chi connectivity index (χ2v) is 14.9. The fraction of sp³-hybridized carbons (Fsp3) is 0.381. The number of pyridine rings is 2. The summed E-state index contributed by atoms with van der Waals surface area (Å²) in [6.07, 6.45) is -12.5. The van der Waals surface area contributed by atoms with Gasteiger partial charge in [0.2, 0.25) is 29.9 Å². The van der Waals surface area contributed by atoms with Gasteiger partial charge in [-0.3, -0.25) is 14.9 Å². The molecular formula is C42H43F8N5O8. The number of rotatable bonds is 14. The van der Waals surface area contributed by atoms with Gasteiger partial charge in [0.1, 0.15) is 23.3 Å². The summed E-state index contributed by atoms with van der Waals surface area (Å²) in [4.78, 5) is 55.3. The van der Waals surface area contributed by atoms with E-state index in [-0.39, 0.29) is 30.3 Å². The topological polar surface area (TPSA) is 181 Å². The van der Waals surface area contributed by atoms with Gasteiger partial charge >= 0.3 is 24.4 Å². The Morgan fingerprint density at radius 3 is 1.71 bits per heavy atom. The van der Waals surface area contributed by atoms with Crippen LogP contribution in [0, 0.1) is 11.6 Å². The van der Waals surface area contributed by atoms with Crippen molar-refractivity contribution in [2.45, 2.75) is 94.7 Å². The lowest BCUT2D eigenvalue weighted by atomic mass is 10.0. The van der Waals surface area contributed by atoms with Crippen LogP contribution in [0.4, 0.5) is 39.9 Å². The first-order chi connectivity index (χ1) is 29.5. The zero-order chi connectivity index (χ0) is 46.7. The molecule has 2 unspecified atom stereocenters. The second kappa shape index (κ2) is 21.1. The Hall–Kier alpha value is -6.38. The molecule has 0 saturated carbocycles. The van der Waals surface area contributed by atoms with Crippen molar-refractivity contribution in [2.75, 3.05) is 7.11 Å². The number of alkyl carbamates (subject to hydrolysis) is 1. The van der Waals surface area contributed by atoms with E-state index in [0.717, 1.165) is 43.6 Å². The average Bonchev–Trinajstić information content (AvgIpc) is 3.71. The first-order valence-electron chi connectivity index (χ1n) is 19.0. The van der Waals surface area contributed by atoms with Gasteiger partial charge in [0.05, 0.1) is 13.2 Å². The predicted octanol–water partition coefficient (Wildman–Crippen LogP) is 8.11. The molecule has 1 fully saturated rings. The monoisotopic (exact) mass is 897 g/mol. The van der Waals surface area contributed by atoms with Crippen molar-refractivity contribution in [3.05, 3.63) is 119 Å². The molecular weight excluding hydrogens is 854 g/mol. The summed E-state index contributed by atoms with van der Waals surface area (Å²) < 4.78 is 128. The van der Waals surface area contributed by atoms with E-state index in [0.29, 0.717) is 18.4 Å². The van der Waals surface area contributed by atoms with Crippen LogP contribution in [0.15, 0.2) is 85.2 Å². The van der Waals surface area contributed by atoms with E-state index < -0.39 is 94.6 Å². The summed E-state index contributed by atoms with van der Waals surface area (Å²) >= 11 is 0. The fourth-order valence-electron chi connectivity index (χ4n) is 6.00. The number of nitrogens with zero attached hydrogens (tertiary/aromatic N) is 2. The van der Waals surface area contributed by atoms with Gasteiger partial charge in [0.15, 0.2) is 5.78 Å². The van der Waals surface area contributed by atoms with Crippen molar-refractivity contribution in [1.82, 2.24) is 20.6 Å². The van der Waals surface area contributed by atoms with Gasteiger partial charge in [-0.1, -0.05) is 42.5 Å². The molecule has 1 aliphatic rings. The highest BCUT2D eigenvalue weighted by molar-refractivity contribution is 5.96. The highest BCUT2D eigenvalue weighted by Crippen LogP contribution is 2.39. The number of Topliss-reactive ketones (excluding diaryl/α,β-unsaturated/α-hetero) is 1. The van der Waals surface area contributed by atoms with E-state index in [9.17, 15) is 54.3 Å². The number of benzene rings is 2. The highest BCUT2D eigenvalue weighted by Gasteiger charge is 2.46. The second-order valence-electron chi connectivity index (χ2n) is 14.9. The van der Waals surface area contributed by atoms with Gasteiger partial charge in [0.25, 0.3) is 0 Å². The Kier molecular flexibility index (Phi) is 16.5. The van der Waals surface area contributed by atoms with Crippen LogP contribution in [-0.2, 0) is 19.1 Å². The minimum Gasteiger partial charge on any atom is -0.467 e. The summed E-state index contributed by atoms with van der Waals surface area (Å²) in [7, 11) is 1.12. The van der Waals surface area contributed by atoms with E-state index in [1.165, 1.54) is 42.6 Å². The molecule has 1 saturated heterocycles. The number of esters is 1. The number of halogens is 8. The zero-order valence-electron chi connectivity index (χ0n) is 34.1. The van der Waals surface area contributed by atoms with Crippen LogP contribution >= 0.6 is 0 Å². The number of amides is 2. The van der Waals surface area contributed by atoms with E-state index in [1.807, 2.05) is 0 Å². The number of carbonyl (C=O) groups excluding carboxylic acids is 4. The first-order valence-corrected chi connectivity index (χ1v) is 19.0. The third kappa shape index (κ3) is 14.6. The predicted molar refractivity (Wildman–Crippen MR) is 207 cm³/mol. The number of aromatic nitrogens is 2. The smallest absolute Gasteiger partial charge is 0.429 e. The molecule has 2 amide bonds. The zero-order valence-corrected chi connectivity index (χ0v) is 34.1. The Morgan fingerprint density at radius 2 is 1.30 bits per heavy atom. The number of ketones is 1. The first kappa shape index (κ1) is 49.3. The molecule has 4 aromatic rings. The van der Waals surface area contributed by atoms with Crippen LogP contribution in [0.2, 0.25) is 0 Å². The molecule has 2 aromatic carbocycles. The number of primary amides is 1. The van der Waals surface area contributed by atoms with Crippen LogP contribution in [0.25, 0.3) is 0 Å². The molecule has 0 spiro atoms. The maximum Gasteiger partial charge on any atom is 0.429 e. The van der Waals surface area contributed by atoms with Crippen LogP contribution in [-0.4, -0.2) is 70.9 Å². The molecule has 4 N–H and O–H groups in total. The molecule has 13 nitrogen and oxygen atoms in total. The van der Waals surface area contributed by atoms with Crippen LogP contribution in [0.1, 0.15) is 91.8 Å². The Bertz CT molecular complexity index is 2190. The van der Waals surface area contributed by atoms with E-state index in [2.05, 4.69) is 25.3 Å². The van der Waals surface area contributed by atoms with Gasteiger partial charge in [0, 0.05) is 53.7 Å². The van der Waals surface area contributed by atoms with Crippen molar-refractivity contribution in [3.63, 3.8) is 0 Å². The summed E-state index contributed by atoms with van der Waals surface area (Å²) in [5.74, 6) is -4.61. The van der Waals surface area contributed by atoms with E-state index in [4.69, 9.17) is 19.9 Å². The molecule has 0 radical (unpaired) electrons. The van der Waals surface area contributed by atoms with Crippen LogP contribution < -0.4 is 25.8 Å². The number of alkyl halides is 6. The number of methoxy groups -OCH3 is 1. The fourth-order valence-corrected chi connectivity index (χ4v) is 6.00. The molecule has 0 aliphatic carbocycles. The van der Waals surface area contributed by atoms with Crippen molar-refractivity contribution in [2.24, 2.45) is 5.73 Å². The Balaban J connectivity index is 0.000000287. The molecule has 2 aromatic heterocycles. The summed E-state index contributed by atoms with van der Waals surface area (Å²) in [5, 5.41) is 5.37. The van der Waals surface area contributed by atoms with Gasteiger partial charge in [-0.2, -0.15) is 26.3 Å². The van der Waals surface area contributed by atoms with Crippen LogP contribution in [0.3, 0.4) is 0 Å². The number of hydrogen-bond donors (Lipinski definition) is 3. The summed E-state index contributed by atoms with van der Waals surface area (Å²) in [5.41, 5.74) is 3.84. The lowest BCUT2D eigenvalue weighted by molar-refractivity contribution is -0.199. The molecule has 5 atom stereocenters. The van der Waals surface area contributed by atoms with Crippen molar-refractivity contribution >= 4 is 23.8 Å². The molecule has 0 bridgehead atoms. The largest absolute Gasteiger partial charge is 0.467 e. The molecule has 5 rings (SSSR count). The molecule has 340 valence electrons. The van der Waals surface area contributed by atoms with Gasteiger partial charge in [-0.05, 0) is 63.8 Å². The lowest BCUT2D eigenvalue weighted by Crippen LogP contribution is -2.44. The molecule has 1 aliphatic heterocycles. The van der Waals surface area contributed by atoms with E-state index >= 15 is 0 Å². The molecule has 21 heteroatoms. The summed E-state index contributed by atoms with van der Waals surface area (Å²) in [6, 6.07) is 12.2. The van der Waals surface area contributed by atoms with Crippen molar-refractivity contribution in [3.8, 4) is 11.8 Å². The number of ether oxygens (including phenoxy) is 4. The Morgan fingerprint density at radius 1 is 0.778 bits per heavy atom. The number of hydrogen-bond acceptors (Lipinski definition) is 11. The molecule has 63 heavy (non-hydrogen) atoms. The highest BCUT2D eigenvalue weighted by atomic mass is 19.4. The third-order valence-corrected chi connectivity index (χ3v) is 8.99. The Labute approximate surface area is 355 Å². The van der Waals surface area contributed by atoms with Gasteiger partial charge in [-0.15, -0.1) is 0 Å². The SMILES string of the molecule is COC(=O)[C@H](CCC(=O)c1ccc(OC(c2ccccc2F)C(F)(F)F)nc1)NC(=O)OC(C)(C)C.NC(=O)[C@@H]1CC[C@H](c2ccc(OC(c3ccccc3F)C(F)(F)F)nc2)N1. The lowest BCUT2D eigenvalue weighted by Gasteiger charge is -2.22. The number of carbonyl (C=O) groups is 4.